The maximum atomic E-state index is 14.0. The van der Waals surface area contributed by atoms with Gasteiger partial charge in [0.1, 0.15) is 5.82 Å². The molecule has 0 bridgehead atoms. The van der Waals surface area contributed by atoms with Crippen molar-refractivity contribution in [1.29, 1.82) is 0 Å². The Morgan fingerprint density at radius 1 is 0.952 bits per heavy atom. The zero-order valence-electron chi connectivity index (χ0n) is 11.9. The van der Waals surface area contributed by atoms with E-state index in [0.29, 0.717) is 17.5 Å². The van der Waals surface area contributed by atoms with Gasteiger partial charge in [0.25, 0.3) is 0 Å². The van der Waals surface area contributed by atoms with Gasteiger partial charge in [0.15, 0.2) is 0 Å². The first-order valence-corrected chi connectivity index (χ1v) is 7.06. The van der Waals surface area contributed by atoms with Crippen LogP contribution in [0.3, 0.4) is 0 Å². The summed E-state index contributed by atoms with van der Waals surface area (Å²) in [7, 11) is 0. The molecule has 106 valence electrons. The smallest absolute Gasteiger partial charge is 0.131 e. The Bertz CT molecular complexity index is 779. The van der Waals surface area contributed by atoms with Crippen molar-refractivity contribution in [3.63, 3.8) is 0 Å². The van der Waals surface area contributed by atoms with Crippen LogP contribution in [0, 0.1) is 12.7 Å². The summed E-state index contributed by atoms with van der Waals surface area (Å²) in [5.41, 5.74) is 1.93. The summed E-state index contributed by atoms with van der Waals surface area (Å²) in [4.78, 5) is 0. The van der Waals surface area contributed by atoms with E-state index in [2.05, 4.69) is 6.07 Å². The molecule has 21 heavy (non-hydrogen) atoms. The molecule has 2 heteroatoms. The summed E-state index contributed by atoms with van der Waals surface area (Å²) >= 11 is 0. The second-order valence-electron chi connectivity index (χ2n) is 5.38. The predicted molar refractivity (Wildman–Crippen MR) is 83.7 cm³/mol. The SMILES string of the molecule is Cc1cccc(C(O)Cc2ccc3ccccc3c2)c1F. The fraction of sp³-hybridized carbons (Fsp3) is 0.158. The average molecular weight is 280 g/mol. The van der Waals surface area contributed by atoms with E-state index in [4.69, 9.17) is 0 Å². The third kappa shape index (κ3) is 2.81. The zero-order chi connectivity index (χ0) is 14.8. The lowest BCUT2D eigenvalue weighted by Crippen LogP contribution is -2.05. The second-order valence-corrected chi connectivity index (χ2v) is 5.38. The van der Waals surface area contributed by atoms with Crippen molar-refractivity contribution in [1.82, 2.24) is 0 Å². The molecule has 3 rings (SSSR count). The third-order valence-electron chi connectivity index (χ3n) is 3.82. The highest BCUT2D eigenvalue weighted by molar-refractivity contribution is 5.83. The van der Waals surface area contributed by atoms with Crippen LogP contribution in [0.1, 0.15) is 22.8 Å². The molecule has 1 nitrogen and oxygen atoms in total. The summed E-state index contributed by atoms with van der Waals surface area (Å²) < 4.78 is 14.0. The van der Waals surface area contributed by atoms with Gasteiger partial charge in [-0.3, -0.25) is 0 Å². The van der Waals surface area contributed by atoms with E-state index in [1.807, 2.05) is 36.4 Å². The lowest BCUT2D eigenvalue weighted by molar-refractivity contribution is 0.173. The maximum absolute atomic E-state index is 14.0. The summed E-state index contributed by atoms with van der Waals surface area (Å²) in [6.45, 7) is 1.71. The van der Waals surface area contributed by atoms with Gasteiger partial charge in [0.2, 0.25) is 0 Å². The van der Waals surface area contributed by atoms with Gasteiger partial charge in [-0.25, -0.2) is 4.39 Å². The lowest BCUT2D eigenvalue weighted by Gasteiger charge is -2.13. The molecule has 1 N–H and O–H groups in total. The van der Waals surface area contributed by atoms with Crippen molar-refractivity contribution in [3.05, 3.63) is 83.2 Å². The molecule has 1 unspecified atom stereocenters. The normalized spacial score (nSPS) is 12.5. The van der Waals surface area contributed by atoms with Crippen molar-refractivity contribution in [2.75, 3.05) is 0 Å². The van der Waals surface area contributed by atoms with Gasteiger partial charge in [0, 0.05) is 12.0 Å². The van der Waals surface area contributed by atoms with Crippen molar-refractivity contribution < 1.29 is 9.50 Å². The van der Waals surface area contributed by atoms with Crippen LogP contribution in [0.15, 0.2) is 60.7 Å². The number of aryl methyl sites for hydroxylation is 1. The van der Waals surface area contributed by atoms with Gasteiger partial charge in [0.05, 0.1) is 6.10 Å². The summed E-state index contributed by atoms with van der Waals surface area (Å²) in [5, 5.41) is 12.6. The number of hydrogen-bond donors (Lipinski definition) is 1. The van der Waals surface area contributed by atoms with Crippen LogP contribution in [0.2, 0.25) is 0 Å². The Morgan fingerprint density at radius 2 is 1.71 bits per heavy atom. The Kier molecular flexibility index (Phi) is 3.72. The van der Waals surface area contributed by atoms with Crippen LogP contribution < -0.4 is 0 Å². The maximum Gasteiger partial charge on any atom is 0.131 e. The van der Waals surface area contributed by atoms with Gasteiger partial charge < -0.3 is 5.11 Å². The highest BCUT2D eigenvalue weighted by Crippen LogP contribution is 2.24. The number of rotatable bonds is 3. The number of aliphatic hydroxyl groups excluding tert-OH is 1. The molecule has 0 saturated heterocycles. The van der Waals surface area contributed by atoms with E-state index in [0.717, 1.165) is 16.3 Å². The fourth-order valence-corrected chi connectivity index (χ4v) is 2.63. The van der Waals surface area contributed by atoms with Crippen molar-refractivity contribution in [2.24, 2.45) is 0 Å². The molecular formula is C19H17FO. The van der Waals surface area contributed by atoms with Crippen molar-refractivity contribution in [2.45, 2.75) is 19.4 Å². The summed E-state index contributed by atoms with van der Waals surface area (Å²) in [5.74, 6) is -0.314. The number of halogens is 1. The lowest BCUT2D eigenvalue weighted by atomic mass is 9.97. The van der Waals surface area contributed by atoms with E-state index in [1.165, 1.54) is 0 Å². The van der Waals surface area contributed by atoms with E-state index in [9.17, 15) is 9.50 Å². The predicted octanol–water partition coefficient (Wildman–Crippen LogP) is 4.56. The van der Waals surface area contributed by atoms with Crippen LogP contribution in [-0.4, -0.2) is 5.11 Å². The first-order valence-electron chi connectivity index (χ1n) is 7.06. The van der Waals surface area contributed by atoms with E-state index in [-0.39, 0.29) is 5.82 Å². The summed E-state index contributed by atoms with van der Waals surface area (Å²) in [6, 6.07) is 19.3. The Hall–Kier alpha value is -2.19. The highest BCUT2D eigenvalue weighted by Gasteiger charge is 2.14. The molecule has 0 spiro atoms. The molecule has 0 aliphatic heterocycles. The number of fused-ring (bicyclic) bond motifs is 1. The highest BCUT2D eigenvalue weighted by atomic mass is 19.1. The van der Waals surface area contributed by atoms with Gasteiger partial charge in [-0.15, -0.1) is 0 Å². The van der Waals surface area contributed by atoms with E-state index >= 15 is 0 Å². The Labute approximate surface area is 123 Å². The average Bonchev–Trinajstić information content (AvgIpc) is 2.50. The molecule has 1 atom stereocenters. The summed E-state index contributed by atoms with van der Waals surface area (Å²) in [6.07, 6.45) is -0.420. The number of hydrogen-bond acceptors (Lipinski definition) is 1. The first kappa shape index (κ1) is 13.8. The van der Waals surface area contributed by atoms with Crippen molar-refractivity contribution >= 4 is 10.8 Å². The molecule has 0 aliphatic rings. The molecule has 0 amide bonds. The van der Waals surface area contributed by atoms with Gasteiger partial charge in [-0.05, 0) is 28.8 Å². The minimum atomic E-state index is -0.828. The van der Waals surface area contributed by atoms with Crippen LogP contribution >= 0.6 is 0 Å². The molecule has 3 aromatic rings. The first-order chi connectivity index (χ1) is 10.1. The van der Waals surface area contributed by atoms with E-state index < -0.39 is 6.10 Å². The molecule has 0 heterocycles. The van der Waals surface area contributed by atoms with Gasteiger partial charge >= 0.3 is 0 Å². The molecule has 0 aliphatic carbocycles. The van der Waals surface area contributed by atoms with Crippen LogP contribution in [0.4, 0.5) is 4.39 Å². The quantitative estimate of drug-likeness (QED) is 0.745. The van der Waals surface area contributed by atoms with Crippen LogP contribution in [-0.2, 0) is 6.42 Å². The van der Waals surface area contributed by atoms with E-state index in [1.54, 1.807) is 25.1 Å². The minimum absolute atomic E-state index is 0.314. The molecule has 0 radical (unpaired) electrons. The molecular weight excluding hydrogens is 263 g/mol. The van der Waals surface area contributed by atoms with Crippen molar-refractivity contribution in [3.8, 4) is 0 Å². The number of aliphatic hydroxyl groups is 1. The topological polar surface area (TPSA) is 20.2 Å². The molecule has 0 aromatic heterocycles. The second kappa shape index (κ2) is 5.66. The van der Waals surface area contributed by atoms with Gasteiger partial charge in [-0.1, -0.05) is 60.7 Å². The number of benzene rings is 3. The molecule has 0 fully saturated rings. The largest absolute Gasteiger partial charge is 0.388 e. The van der Waals surface area contributed by atoms with Crippen LogP contribution in [0.25, 0.3) is 10.8 Å². The molecule has 3 aromatic carbocycles. The monoisotopic (exact) mass is 280 g/mol. The van der Waals surface area contributed by atoms with Gasteiger partial charge in [-0.2, -0.15) is 0 Å². The molecule has 0 saturated carbocycles. The Balaban J connectivity index is 1.89. The minimum Gasteiger partial charge on any atom is -0.388 e. The van der Waals surface area contributed by atoms with Crippen LogP contribution in [0.5, 0.6) is 0 Å². The third-order valence-corrected chi connectivity index (χ3v) is 3.82. The Morgan fingerprint density at radius 3 is 2.52 bits per heavy atom. The zero-order valence-corrected chi connectivity index (χ0v) is 11.9. The standard InChI is InChI=1S/C19H17FO/c1-13-5-4-8-17(19(13)20)18(21)12-14-9-10-15-6-2-3-7-16(15)11-14/h2-11,18,21H,12H2,1H3. The fourth-order valence-electron chi connectivity index (χ4n) is 2.63.